The van der Waals surface area contributed by atoms with Gasteiger partial charge in [0.15, 0.2) is 11.5 Å². The van der Waals surface area contributed by atoms with E-state index in [-0.39, 0.29) is 42.8 Å². The standard InChI is InChI=1S/C33H33N7O.3ClH/c34-30-27(6-2-17-36-30)31-38-29-14-13-28(21-4-1-5-24(18-21)39-19-25-11-12-26(20-39)41-25)37-32(29)40(31)23-9-7-22(8-10-23)33(35)15-3-16-33;;;/h1-2,4-10,13-14,17-18,25-26H,3,11-12,15-16,19-20,35H2,(H2,34,36);3*1H. The van der Waals surface area contributed by atoms with E-state index in [1.807, 2.05) is 18.2 Å². The van der Waals surface area contributed by atoms with Crippen LogP contribution in [0.3, 0.4) is 0 Å². The molecule has 2 saturated heterocycles. The molecule has 44 heavy (non-hydrogen) atoms. The molecule has 2 unspecified atom stereocenters. The van der Waals surface area contributed by atoms with Crippen molar-refractivity contribution in [3.05, 3.63) is 84.6 Å². The fourth-order valence-electron chi connectivity index (χ4n) is 6.63. The van der Waals surface area contributed by atoms with Crippen LogP contribution in [0.5, 0.6) is 0 Å². The Labute approximate surface area is 275 Å². The first-order valence-corrected chi connectivity index (χ1v) is 14.6. The molecule has 0 amide bonds. The van der Waals surface area contributed by atoms with Crippen molar-refractivity contribution >= 4 is 59.9 Å². The minimum Gasteiger partial charge on any atom is -0.383 e. The van der Waals surface area contributed by atoms with Crippen molar-refractivity contribution in [1.82, 2.24) is 19.5 Å². The minimum atomic E-state index is -0.220. The molecule has 3 aliphatic rings. The second-order valence-corrected chi connectivity index (χ2v) is 11.7. The molecule has 2 aliphatic heterocycles. The van der Waals surface area contributed by atoms with Gasteiger partial charge in [0, 0.05) is 41.8 Å². The molecule has 1 saturated carbocycles. The Morgan fingerprint density at radius 3 is 2.25 bits per heavy atom. The molecular formula is C33H36Cl3N7O. The molecule has 5 aromatic rings. The molecule has 8 nitrogen and oxygen atoms in total. The van der Waals surface area contributed by atoms with Crippen molar-refractivity contribution < 1.29 is 4.74 Å². The summed E-state index contributed by atoms with van der Waals surface area (Å²) in [6, 6.07) is 25.1. The molecule has 1 aliphatic carbocycles. The van der Waals surface area contributed by atoms with Crippen LogP contribution in [0, 0.1) is 0 Å². The van der Waals surface area contributed by atoms with E-state index in [2.05, 4.69) is 69.0 Å². The highest BCUT2D eigenvalue weighted by atomic mass is 35.5. The van der Waals surface area contributed by atoms with E-state index in [1.165, 1.54) is 17.7 Å². The summed E-state index contributed by atoms with van der Waals surface area (Å²) in [7, 11) is 0. The van der Waals surface area contributed by atoms with Crippen LogP contribution < -0.4 is 16.4 Å². The predicted molar refractivity (Wildman–Crippen MR) is 184 cm³/mol. The van der Waals surface area contributed by atoms with Crippen LogP contribution in [0.4, 0.5) is 11.5 Å². The van der Waals surface area contributed by atoms with Crippen molar-refractivity contribution in [2.24, 2.45) is 5.73 Å². The van der Waals surface area contributed by atoms with Crippen molar-refractivity contribution in [3.8, 4) is 28.3 Å². The molecule has 0 spiro atoms. The van der Waals surface area contributed by atoms with Gasteiger partial charge in [0.25, 0.3) is 0 Å². The van der Waals surface area contributed by atoms with Gasteiger partial charge in [0.2, 0.25) is 0 Å². The van der Waals surface area contributed by atoms with Gasteiger partial charge < -0.3 is 21.1 Å². The second-order valence-electron chi connectivity index (χ2n) is 11.7. The Morgan fingerprint density at radius 1 is 0.818 bits per heavy atom. The maximum atomic E-state index is 6.63. The fourth-order valence-corrected chi connectivity index (χ4v) is 6.63. The number of ether oxygens (including phenoxy) is 1. The number of pyridine rings is 2. The number of imidazole rings is 1. The highest BCUT2D eigenvalue weighted by Gasteiger charge is 2.35. The first-order valence-electron chi connectivity index (χ1n) is 14.6. The van der Waals surface area contributed by atoms with E-state index in [4.69, 9.17) is 26.2 Å². The van der Waals surface area contributed by atoms with Gasteiger partial charge in [-0.15, -0.1) is 37.2 Å². The van der Waals surface area contributed by atoms with Crippen molar-refractivity contribution in [3.63, 3.8) is 0 Å². The normalized spacial score (nSPS) is 19.8. The third-order valence-electron chi connectivity index (χ3n) is 9.08. The molecule has 11 heteroatoms. The average molecular weight is 653 g/mol. The third kappa shape index (κ3) is 5.50. The second kappa shape index (κ2) is 12.5. The van der Waals surface area contributed by atoms with Gasteiger partial charge in [-0.2, -0.15) is 0 Å². The molecule has 2 bridgehead atoms. The molecule has 0 radical (unpaired) electrons. The summed E-state index contributed by atoms with van der Waals surface area (Å²) in [4.78, 5) is 17.0. The maximum Gasteiger partial charge on any atom is 0.165 e. The Bertz CT molecular complexity index is 1760. The zero-order chi connectivity index (χ0) is 27.6. The van der Waals surface area contributed by atoms with E-state index >= 15 is 0 Å². The Morgan fingerprint density at radius 2 is 1.57 bits per heavy atom. The minimum absolute atomic E-state index is 0. The van der Waals surface area contributed by atoms with E-state index in [0.29, 0.717) is 23.9 Å². The monoisotopic (exact) mass is 651 g/mol. The number of aromatic nitrogens is 4. The van der Waals surface area contributed by atoms with Crippen molar-refractivity contribution in [2.75, 3.05) is 23.7 Å². The van der Waals surface area contributed by atoms with Crippen LogP contribution in [-0.4, -0.2) is 44.8 Å². The number of halogens is 3. The summed E-state index contributed by atoms with van der Waals surface area (Å²) in [6.45, 7) is 1.88. The predicted octanol–water partition coefficient (Wildman–Crippen LogP) is 6.70. The summed E-state index contributed by atoms with van der Waals surface area (Å²) < 4.78 is 8.15. The number of nitrogens with two attached hydrogens (primary N) is 2. The molecule has 230 valence electrons. The lowest BCUT2D eigenvalue weighted by atomic mass is 9.73. The van der Waals surface area contributed by atoms with E-state index in [9.17, 15) is 0 Å². The number of hydrogen-bond acceptors (Lipinski definition) is 7. The van der Waals surface area contributed by atoms with Gasteiger partial charge in [0.05, 0.1) is 23.5 Å². The Hall–Kier alpha value is -3.40. The first-order chi connectivity index (χ1) is 20.0. The number of morpholine rings is 1. The summed E-state index contributed by atoms with van der Waals surface area (Å²) in [5, 5.41) is 0. The van der Waals surface area contributed by atoms with Crippen LogP contribution in [0.15, 0.2) is 79.0 Å². The average Bonchev–Trinajstić information content (AvgIpc) is 3.54. The van der Waals surface area contributed by atoms with Crippen LogP contribution >= 0.6 is 37.2 Å². The van der Waals surface area contributed by atoms with Gasteiger partial charge in [-0.05, 0) is 86.2 Å². The lowest BCUT2D eigenvalue weighted by Gasteiger charge is -2.38. The summed E-state index contributed by atoms with van der Waals surface area (Å²) >= 11 is 0. The van der Waals surface area contributed by atoms with Gasteiger partial charge in [0.1, 0.15) is 11.3 Å². The van der Waals surface area contributed by atoms with Gasteiger partial charge in [-0.25, -0.2) is 15.0 Å². The number of nitrogens with zero attached hydrogens (tertiary/aromatic N) is 5. The first kappa shape index (κ1) is 32.0. The van der Waals surface area contributed by atoms with E-state index < -0.39 is 0 Å². The highest BCUT2D eigenvalue weighted by Crippen LogP contribution is 2.39. The van der Waals surface area contributed by atoms with Crippen LogP contribution in [-0.2, 0) is 10.3 Å². The summed E-state index contributed by atoms with van der Waals surface area (Å²) in [6.07, 6.45) is 7.90. The summed E-state index contributed by atoms with van der Waals surface area (Å²) in [5.41, 5.74) is 20.4. The Balaban J connectivity index is 0.00000128. The Kier molecular flexibility index (Phi) is 9.12. The fraction of sp³-hybridized carbons (Fsp3) is 0.303. The molecule has 8 rings (SSSR count). The van der Waals surface area contributed by atoms with E-state index in [0.717, 1.165) is 72.4 Å². The number of fused-ring (bicyclic) bond motifs is 3. The van der Waals surface area contributed by atoms with Gasteiger partial charge >= 0.3 is 0 Å². The SMILES string of the molecule is Cl.Cl.Cl.Nc1ncccc1-c1nc2ccc(-c3cccc(N4CC5CCC(C4)O5)c3)nc2n1-c1ccc(C2(N)CCC2)cc1. The number of rotatable bonds is 5. The molecule has 2 atom stereocenters. The topological polar surface area (TPSA) is 108 Å². The van der Waals surface area contributed by atoms with Crippen LogP contribution in [0.1, 0.15) is 37.7 Å². The number of hydrogen-bond donors (Lipinski definition) is 2. The lowest BCUT2D eigenvalue weighted by Crippen LogP contribution is -2.43. The molecule has 3 fully saturated rings. The summed E-state index contributed by atoms with van der Waals surface area (Å²) in [5.74, 6) is 1.15. The number of anilines is 2. The van der Waals surface area contributed by atoms with E-state index in [1.54, 1.807) is 6.20 Å². The molecule has 5 heterocycles. The van der Waals surface area contributed by atoms with Crippen LogP contribution in [0.25, 0.3) is 39.5 Å². The smallest absolute Gasteiger partial charge is 0.165 e. The number of nitrogen functional groups attached to an aromatic ring is 1. The molecule has 3 aromatic heterocycles. The highest BCUT2D eigenvalue weighted by molar-refractivity contribution is 5.86. The molecular weight excluding hydrogens is 617 g/mol. The zero-order valence-corrected chi connectivity index (χ0v) is 26.6. The number of benzene rings is 2. The van der Waals surface area contributed by atoms with Crippen LogP contribution in [0.2, 0.25) is 0 Å². The van der Waals surface area contributed by atoms with Gasteiger partial charge in [-0.3, -0.25) is 4.57 Å². The quantitative estimate of drug-likeness (QED) is 0.218. The molecule has 2 aromatic carbocycles. The van der Waals surface area contributed by atoms with Gasteiger partial charge in [-0.1, -0.05) is 24.3 Å². The largest absolute Gasteiger partial charge is 0.383 e. The molecule has 4 N–H and O–H groups in total. The van der Waals surface area contributed by atoms with Crippen molar-refractivity contribution in [2.45, 2.75) is 49.9 Å². The maximum absolute atomic E-state index is 6.63. The third-order valence-corrected chi connectivity index (χ3v) is 9.08. The zero-order valence-electron chi connectivity index (χ0n) is 24.1. The van der Waals surface area contributed by atoms with Crippen molar-refractivity contribution in [1.29, 1.82) is 0 Å². The lowest BCUT2D eigenvalue weighted by molar-refractivity contribution is 0.0305.